The average Bonchev–Trinajstić information content (AvgIpc) is 2.79. The van der Waals surface area contributed by atoms with Gasteiger partial charge in [0.25, 0.3) is 5.56 Å². The summed E-state index contributed by atoms with van der Waals surface area (Å²) in [5, 5.41) is 4.52. The second-order valence-electron chi connectivity index (χ2n) is 7.46. The molecule has 0 aliphatic carbocycles. The van der Waals surface area contributed by atoms with E-state index in [1.807, 2.05) is 37.2 Å². The van der Waals surface area contributed by atoms with Gasteiger partial charge in [0.15, 0.2) is 0 Å². The lowest BCUT2D eigenvalue weighted by atomic mass is 10.2. The maximum atomic E-state index is 12.2. The minimum atomic E-state index is -0.0847. The molecule has 0 aromatic carbocycles. The third kappa shape index (κ3) is 4.62. The predicted molar refractivity (Wildman–Crippen MR) is 117 cm³/mol. The van der Waals surface area contributed by atoms with Crippen LogP contribution in [0.1, 0.15) is 0 Å². The minimum absolute atomic E-state index is 0.0847. The summed E-state index contributed by atoms with van der Waals surface area (Å²) >= 11 is 0. The van der Waals surface area contributed by atoms with E-state index in [4.69, 9.17) is 0 Å². The van der Waals surface area contributed by atoms with Crippen LogP contribution in [0.25, 0.3) is 11.3 Å². The van der Waals surface area contributed by atoms with Gasteiger partial charge < -0.3 is 9.80 Å². The van der Waals surface area contributed by atoms with E-state index in [2.05, 4.69) is 29.9 Å². The average molecular weight is 406 g/mol. The van der Waals surface area contributed by atoms with Gasteiger partial charge in [-0.1, -0.05) is 0 Å². The summed E-state index contributed by atoms with van der Waals surface area (Å²) in [5.41, 5.74) is 1.58. The number of piperazine rings is 1. The third-order valence-corrected chi connectivity index (χ3v) is 5.18. The second-order valence-corrected chi connectivity index (χ2v) is 7.46. The van der Waals surface area contributed by atoms with E-state index >= 15 is 0 Å². The fourth-order valence-corrected chi connectivity index (χ4v) is 3.44. The topological polar surface area (TPSA) is 83.3 Å². The van der Waals surface area contributed by atoms with Crippen molar-refractivity contribution in [2.45, 2.75) is 6.54 Å². The van der Waals surface area contributed by atoms with Gasteiger partial charge in [-0.15, -0.1) is 0 Å². The van der Waals surface area contributed by atoms with Crippen LogP contribution in [-0.4, -0.2) is 76.5 Å². The third-order valence-electron chi connectivity index (χ3n) is 5.18. The van der Waals surface area contributed by atoms with Crippen LogP contribution >= 0.6 is 0 Å². The number of pyridine rings is 1. The molecule has 1 fully saturated rings. The smallest absolute Gasteiger partial charge is 0.266 e. The quantitative estimate of drug-likeness (QED) is 0.599. The van der Waals surface area contributed by atoms with Gasteiger partial charge in [-0.2, -0.15) is 10.1 Å². The Balaban J connectivity index is 1.35. The molecule has 0 spiro atoms. The van der Waals surface area contributed by atoms with Crippen LogP contribution in [0.4, 0.5) is 11.8 Å². The first-order valence-electron chi connectivity index (χ1n) is 10.1. The van der Waals surface area contributed by atoms with E-state index in [1.54, 1.807) is 35.4 Å². The molecule has 1 aliphatic rings. The highest BCUT2D eigenvalue weighted by molar-refractivity contribution is 5.56. The lowest BCUT2D eigenvalue weighted by Gasteiger charge is -2.35. The van der Waals surface area contributed by atoms with Crippen LogP contribution in [-0.2, 0) is 6.54 Å². The molecule has 156 valence electrons. The summed E-state index contributed by atoms with van der Waals surface area (Å²) in [6.07, 6.45) is 5.28. The van der Waals surface area contributed by atoms with Gasteiger partial charge in [-0.05, 0) is 24.3 Å². The van der Waals surface area contributed by atoms with Crippen molar-refractivity contribution in [3.63, 3.8) is 0 Å². The zero-order chi connectivity index (χ0) is 20.9. The summed E-state index contributed by atoms with van der Waals surface area (Å²) < 4.78 is 1.54. The van der Waals surface area contributed by atoms with Gasteiger partial charge in [0, 0.05) is 77.0 Å². The molecule has 0 bridgehead atoms. The largest absolute Gasteiger partial charge is 0.354 e. The number of hydrogen-bond donors (Lipinski definition) is 0. The Labute approximate surface area is 175 Å². The highest BCUT2D eigenvalue weighted by Crippen LogP contribution is 2.16. The van der Waals surface area contributed by atoms with Crippen LogP contribution < -0.4 is 15.4 Å². The Hall–Kier alpha value is -3.33. The predicted octanol–water partition coefficient (Wildman–Crippen LogP) is 0.984. The zero-order valence-corrected chi connectivity index (χ0v) is 17.3. The van der Waals surface area contributed by atoms with Gasteiger partial charge in [-0.3, -0.25) is 14.7 Å². The molecule has 0 N–H and O–H groups in total. The first-order chi connectivity index (χ1) is 14.6. The van der Waals surface area contributed by atoms with E-state index < -0.39 is 0 Å². The molecule has 0 saturated carbocycles. The Morgan fingerprint density at radius 2 is 1.83 bits per heavy atom. The summed E-state index contributed by atoms with van der Waals surface area (Å²) in [5.74, 6) is 1.67. The number of aromatic nitrogens is 5. The molecule has 1 saturated heterocycles. The van der Waals surface area contributed by atoms with Crippen LogP contribution in [0, 0.1) is 0 Å². The van der Waals surface area contributed by atoms with Crippen molar-refractivity contribution in [2.24, 2.45) is 0 Å². The van der Waals surface area contributed by atoms with E-state index in [0.29, 0.717) is 12.5 Å². The van der Waals surface area contributed by atoms with Crippen molar-refractivity contribution in [3.05, 3.63) is 59.3 Å². The molecule has 30 heavy (non-hydrogen) atoms. The Bertz CT molecular complexity index is 1030. The molecule has 0 atom stereocenters. The summed E-state index contributed by atoms with van der Waals surface area (Å²) in [6.45, 7) is 4.95. The van der Waals surface area contributed by atoms with Crippen molar-refractivity contribution in [2.75, 3.05) is 56.6 Å². The maximum absolute atomic E-state index is 12.2. The molecule has 0 amide bonds. The van der Waals surface area contributed by atoms with Crippen molar-refractivity contribution in [3.8, 4) is 11.3 Å². The normalized spacial score (nSPS) is 14.7. The van der Waals surface area contributed by atoms with Gasteiger partial charge in [0.1, 0.15) is 5.82 Å². The summed E-state index contributed by atoms with van der Waals surface area (Å²) in [4.78, 5) is 31.8. The van der Waals surface area contributed by atoms with Gasteiger partial charge in [0.05, 0.1) is 12.2 Å². The van der Waals surface area contributed by atoms with Crippen molar-refractivity contribution in [1.82, 2.24) is 29.6 Å². The summed E-state index contributed by atoms with van der Waals surface area (Å²) in [7, 11) is 3.88. The molecule has 1 aliphatic heterocycles. The second kappa shape index (κ2) is 9.00. The number of hydrogen-bond acceptors (Lipinski definition) is 8. The molecule has 9 heteroatoms. The van der Waals surface area contributed by atoms with E-state index in [1.165, 1.54) is 0 Å². The Morgan fingerprint density at radius 3 is 2.57 bits per heavy atom. The lowest BCUT2D eigenvalue weighted by Crippen LogP contribution is -2.48. The van der Waals surface area contributed by atoms with Gasteiger partial charge in [0.2, 0.25) is 5.95 Å². The highest BCUT2D eigenvalue weighted by atomic mass is 16.1. The lowest BCUT2D eigenvalue weighted by molar-refractivity contribution is 0.242. The van der Waals surface area contributed by atoms with Crippen molar-refractivity contribution < 1.29 is 0 Å². The van der Waals surface area contributed by atoms with Crippen molar-refractivity contribution in [1.29, 1.82) is 0 Å². The molecule has 4 rings (SSSR count). The first-order valence-corrected chi connectivity index (χ1v) is 10.1. The molecular weight excluding hydrogens is 380 g/mol. The molecule has 0 radical (unpaired) electrons. The summed E-state index contributed by atoms with van der Waals surface area (Å²) in [6, 6.07) is 9.09. The minimum Gasteiger partial charge on any atom is -0.354 e. The Morgan fingerprint density at radius 1 is 1.00 bits per heavy atom. The number of anilines is 2. The van der Waals surface area contributed by atoms with Gasteiger partial charge >= 0.3 is 0 Å². The fourth-order valence-electron chi connectivity index (χ4n) is 3.44. The Kier molecular flexibility index (Phi) is 5.99. The molecule has 4 heterocycles. The number of rotatable bonds is 6. The van der Waals surface area contributed by atoms with E-state index in [-0.39, 0.29) is 5.56 Å². The van der Waals surface area contributed by atoms with Crippen LogP contribution in [0.2, 0.25) is 0 Å². The molecule has 3 aromatic heterocycles. The molecule has 9 nitrogen and oxygen atoms in total. The monoisotopic (exact) mass is 406 g/mol. The molecular formula is C21H26N8O. The maximum Gasteiger partial charge on any atom is 0.266 e. The zero-order valence-electron chi connectivity index (χ0n) is 17.3. The molecule has 3 aromatic rings. The first kappa shape index (κ1) is 20.0. The van der Waals surface area contributed by atoms with E-state index in [9.17, 15) is 4.79 Å². The van der Waals surface area contributed by atoms with Crippen molar-refractivity contribution >= 4 is 11.8 Å². The number of nitrogens with zero attached hydrogens (tertiary/aromatic N) is 8. The standard InChI is InChI=1S/C21H26N8O/c1-26(2)21-23-9-7-19(24-21)28-13-10-27(11-14-28)12-15-29-20(30)6-5-18(25-29)17-4-3-8-22-16-17/h3-9,16H,10-15H2,1-2H3. The van der Waals surface area contributed by atoms with Crippen LogP contribution in [0.3, 0.4) is 0 Å². The van der Waals surface area contributed by atoms with Crippen LogP contribution in [0.15, 0.2) is 53.7 Å². The van der Waals surface area contributed by atoms with Crippen LogP contribution in [0.5, 0.6) is 0 Å². The van der Waals surface area contributed by atoms with E-state index in [0.717, 1.165) is 49.8 Å². The SMILES string of the molecule is CN(C)c1nccc(N2CCN(CCn3nc(-c4cccnc4)ccc3=O)CC2)n1. The fraction of sp³-hybridized carbons (Fsp3) is 0.381. The highest BCUT2D eigenvalue weighted by Gasteiger charge is 2.19. The molecule has 0 unspecified atom stereocenters. The van der Waals surface area contributed by atoms with Gasteiger partial charge in [-0.25, -0.2) is 9.67 Å².